The first-order valence-electron chi connectivity index (χ1n) is 7.60. The normalized spacial score (nSPS) is 11.0. The summed E-state index contributed by atoms with van der Waals surface area (Å²) in [7, 11) is 0. The zero-order chi connectivity index (χ0) is 17.4. The summed E-state index contributed by atoms with van der Waals surface area (Å²) in [5.74, 6) is 0.596. The summed E-state index contributed by atoms with van der Waals surface area (Å²) >= 11 is 0. The van der Waals surface area contributed by atoms with Gasteiger partial charge in [0.05, 0.1) is 0 Å². The van der Waals surface area contributed by atoms with Crippen LogP contribution in [0.15, 0.2) is 52.3 Å². The molecule has 2 aromatic carbocycles. The minimum Gasteiger partial charge on any atom is -0.508 e. The van der Waals surface area contributed by atoms with Gasteiger partial charge >= 0.3 is 5.65 Å². The Labute approximate surface area is 140 Å². The lowest BCUT2D eigenvalue weighted by molar-refractivity contribution is -0.347. The van der Waals surface area contributed by atoms with E-state index in [1.807, 2.05) is 12.1 Å². The third-order valence-electron chi connectivity index (χ3n) is 3.88. The van der Waals surface area contributed by atoms with Crippen molar-refractivity contribution >= 4 is 28.4 Å². The van der Waals surface area contributed by atoms with E-state index in [2.05, 4.69) is 25.6 Å². The molecule has 4 rings (SSSR count). The van der Waals surface area contributed by atoms with Crippen LogP contribution in [-0.4, -0.2) is 15.1 Å². The number of H-pyrrole nitrogens is 2. The molecule has 0 aliphatic heterocycles. The Balaban J connectivity index is 1.55. The number of nitrogens with zero attached hydrogens (tertiary/aromatic N) is 1. The molecule has 0 atom stereocenters. The predicted octanol–water partition coefficient (Wildman–Crippen LogP) is 1.03. The van der Waals surface area contributed by atoms with Crippen molar-refractivity contribution in [1.82, 2.24) is 9.97 Å². The summed E-state index contributed by atoms with van der Waals surface area (Å²) < 4.78 is 0. The van der Waals surface area contributed by atoms with Gasteiger partial charge in [0, 0.05) is 12.6 Å². The van der Waals surface area contributed by atoms with Gasteiger partial charge in [0.2, 0.25) is 5.82 Å². The molecule has 8 nitrogen and oxygen atoms in total. The van der Waals surface area contributed by atoms with Crippen LogP contribution in [0.4, 0.5) is 17.2 Å². The van der Waals surface area contributed by atoms with Crippen molar-refractivity contribution in [3.8, 4) is 5.75 Å². The van der Waals surface area contributed by atoms with E-state index in [1.165, 1.54) is 0 Å². The van der Waals surface area contributed by atoms with Gasteiger partial charge in [-0.05, 0) is 23.8 Å². The van der Waals surface area contributed by atoms with Crippen LogP contribution in [0.2, 0.25) is 0 Å². The zero-order valence-electron chi connectivity index (χ0n) is 13.0. The van der Waals surface area contributed by atoms with Crippen molar-refractivity contribution in [2.45, 2.75) is 6.54 Å². The van der Waals surface area contributed by atoms with E-state index in [9.17, 15) is 14.7 Å². The average molecular weight is 336 g/mol. The Morgan fingerprint density at radius 3 is 2.80 bits per heavy atom. The molecule has 2 heterocycles. The molecule has 0 fully saturated rings. The van der Waals surface area contributed by atoms with Gasteiger partial charge in [0.15, 0.2) is 11.8 Å². The van der Waals surface area contributed by atoms with E-state index in [0.29, 0.717) is 18.0 Å². The number of phenolic OH excluding ortho intramolecular Hbond substituents is 1. The fourth-order valence-corrected chi connectivity index (χ4v) is 2.60. The second-order valence-corrected chi connectivity index (χ2v) is 5.58. The van der Waals surface area contributed by atoms with Crippen LogP contribution in [0.25, 0.3) is 11.2 Å². The molecule has 0 saturated carbocycles. The maximum absolute atomic E-state index is 11.9. The smallest absolute Gasteiger partial charge is 0.301 e. The van der Waals surface area contributed by atoms with E-state index in [-0.39, 0.29) is 17.1 Å². The molecule has 0 radical (unpaired) electrons. The van der Waals surface area contributed by atoms with Crippen molar-refractivity contribution < 1.29 is 10.1 Å². The van der Waals surface area contributed by atoms with Gasteiger partial charge in [0.1, 0.15) is 17.1 Å². The van der Waals surface area contributed by atoms with Crippen LogP contribution in [0.3, 0.4) is 0 Å². The van der Waals surface area contributed by atoms with Crippen molar-refractivity contribution in [2.75, 3.05) is 10.6 Å². The number of imidazole rings is 1. The lowest BCUT2D eigenvalue weighted by Crippen LogP contribution is -2.36. The lowest BCUT2D eigenvalue weighted by Gasteiger charge is -2.13. The van der Waals surface area contributed by atoms with E-state index in [0.717, 1.165) is 11.1 Å². The summed E-state index contributed by atoms with van der Waals surface area (Å²) in [6.07, 6.45) is 1.65. The molecule has 25 heavy (non-hydrogen) atoms. The fraction of sp³-hybridized carbons (Fsp3) is 0.0588. The molecule has 0 unspecified atom stereocenters. The van der Waals surface area contributed by atoms with E-state index in [4.69, 9.17) is 0 Å². The number of hydrogen-bond donors (Lipinski definition) is 4. The van der Waals surface area contributed by atoms with Gasteiger partial charge in [0.25, 0.3) is 10.9 Å². The quantitative estimate of drug-likeness (QED) is 0.404. The number of nitrogens with one attached hydrogen (secondary N) is 4. The Hall–Kier alpha value is -3.68. The Morgan fingerprint density at radius 1 is 1.12 bits per heavy atom. The van der Waals surface area contributed by atoms with E-state index in [1.54, 1.807) is 30.6 Å². The molecule has 0 spiro atoms. The third-order valence-corrected chi connectivity index (χ3v) is 3.88. The maximum atomic E-state index is 11.9. The molecule has 0 aliphatic rings. The molecule has 2 aromatic heterocycles. The van der Waals surface area contributed by atoms with Gasteiger partial charge in [-0.25, -0.2) is 4.98 Å². The molecule has 124 valence electrons. The summed E-state index contributed by atoms with van der Waals surface area (Å²) in [4.78, 5) is 33.9. The molecule has 5 N–H and O–H groups in total. The van der Waals surface area contributed by atoms with E-state index < -0.39 is 10.9 Å². The first-order chi connectivity index (χ1) is 12.1. The fourth-order valence-electron chi connectivity index (χ4n) is 2.60. The minimum atomic E-state index is -0.585. The van der Waals surface area contributed by atoms with Crippen molar-refractivity contribution in [2.24, 2.45) is 0 Å². The van der Waals surface area contributed by atoms with Gasteiger partial charge < -0.3 is 15.7 Å². The second-order valence-electron chi connectivity index (χ2n) is 5.58. The Kier molecular flexibility index (Phi) is 3.42. The first kappa shape index (κ1) is 14.9. The highest BCUT2D eigenvalue weighted by molar-refractivity contribution is 5.79. The van der Waals surface area contributed by atoms with Crippen LogP contribution in [0.5, 0.6) is 5.75 Å². The van der Waals surface area contributed by atoms with Crippen LogP contribution in [0.1, 0.15) is 5.56 Å². The number of pyridine rings is 1. The molecule has 0 saturated heterocycles. The number of phenols is 1. The monoisotopic (exact) mass is 336 g/mol. The Bertz CT molecular complexity index is 1140. The highest BCUT2D eigenvalue weighted by Crippen LogP contribution is 2.21. The summed E-state index contributed by atoms with van der Waals surface area (Å²) in [6, 6.07) is 10.2. The molecule has 4 aromatic rings. The van der Waals surface area contributed by atoms with Crippen molar-refractivity contribution in [1.29, 1.82) is 0 Å². The first-order valence-corrected chi connectivity index (χ1v) is 7.60. The van der Waals surface area contributed by atoms with Crippen molar-refractivity contribution in [3.63, 3.8) is 0 Å². The van der Waals surface area contributed by atoms with Crippen LogP contribution in [0, 0.1) is 0 Å². The molecule has 0 amide bonds. The highest BCUT2D eigenvalue weighted by Gasteiger charge is 2.22. The second kappa shape index (κ2) is 5.75. The summed E-state index contributed by atoms with van der Waals surface area (Å²) in [5.41, 5.74) is 1.51. The number of fused-ring (bicyclic) bond motifs is 1. The number of benzene rings is 1. The third kappa shape index (κ3) is 2.69. The average Bonchev–Trinajstić information content (AvgIpc) is 3.08. The molecule has 0 bridgehead atoms. The maximum Gasteiger partial charge on any atom is 0.301 e. The number of hydrogen-bond acceptors (Lipinski definition) is 6. The van der Waals surface area contributed by atoms with E-state index >= 15 is 0 Å². The number of rotatable bonds is 5. The molecule has 8 heteroatoms. The topological polar surface area (TPSA) is 121 Å². The van der Waals surface area contributed by atoms with Gasteiger partial charge in [-0.3, -0.25) is 14.6 Å². The molecular weight excluding hydrogens is 322 g/mol. The predicted molar refractivity (Wildman–Crippen MR) is 92.7 cm³/mol. The zero-order valence-corrected chi connectivity index (χ0v) is 13.0. The molecule has 0 aliphatic carbocycles. The summed E-state index contributed by atoms with van der Waals surface area (Å²) in [6.45, 7) is 0.311. The minimum absolute atomic E-state index is 0.142. The van der Waals surface area contributed by atoms with Crippen molar-refractivity contribution in [3.05, 3.63) is 68.7 Å². The van der Waals surface area contributed by atoms with Crippen LogP contribution in [-0.2, 0) is 6.54 Å². The number of aromatic hydroxyl groups is 1. The summed E-state index contributed by atoms with van der Waals surface area (Å²) in [5, 5.41) is 15.3. The number of aromatic amines is 2. The van der Waals surface area contributed by atoms with Crippen LogP contribution < -0.4 is 26.5 Å². The largest absolute Gasteiger partial charge is 0.508 e. The lowest BCUT2D eigenvalue weighted by atomic mass is 10.1. The number of aromatic nitrogens is 3. The Morgan fingerprint density at radius 2 is 1.96 bits per heavy atom. The van der Waals surface area contributed by atoms with Gasteiger partial charge in [-0.2, -0.15) is 0 Å². The molecular formula is C17H14N5O3+. The SMILES string of the molecule is O=c1c(NCc2cccc(O)c2)c(Nc2ccc3[nH]c[nH+]c3n2)c1=O. The van der Waals surface area contributed by atoms with Gasteiger partial charge in [-0.1, -0.05) is 17.1 Å². The van der Waals surface area contributed by atoms with Crippen LogP contribution >= 0.6 is 0 Å². The standard InChI is InChI=1S/C17H13N5O3/c23-10-3-1-2-9(6-10)7-18-13-14(16(25)15(13)24)21-12-5-4-11-17(22-12)20-8-19-11/h1-6,8,18,23H,7H2,(H2,19,20,21,22)/p+1. The van der Waals surface area contributed by atoms with Gasteiger partial charge in [-0.15, -0.1) is 0 Å². The highest BCUT2D eigenvalue weighted by atomic mass is 16.3. The number of anilines is 3.